The highest BCUT2D eigenvalue weighted by Crippen LogP contribution is 2.27. The van der Waals surface area contributed by atoms with Crippen LogP contribution in [0.25, 0.3) is 10.8 Å². The highest BCUT2D eigenvalue weighted by Gasteiger charge is 2.20. The van der Waals surface area contributed by atoms with Crippen molar-refractivity contribution >= 4 is 11.3 Å². The molecule has 0 aliphatic heterocycles. The highest BCUT2D eigenvalue weighted by atomic mass is 32.1. The molecule has 5 heteroatoms. The first kappa shape index (κ1) is 14.2. The molecule has 1 atom stereocenters. The second-order valence-electron chi connectivity index (χ2n) is 4.97. The fourth-order valence-electron chi connectivity index (χ4n) is 1.65. The molecule has 19 heavy (non-hydrogen) atoms. The lowest BCUT2D eigenvalue weighted by Gasteiger charge is -2.26. The zero-order chi connectivity index (χ0) is 13.9. The van der Waals surface area contributed by atoms with E-state index in [0.29, 0.717) is 6.54 Å². The quantitative estimate of drug-likeness (QED) is 0.854. The zero-order valence-electron chi connectivity index (χ0n) is 11.6. The van der Waals surface area contributed by atoms with E-state index in [9.17, 15) is 5.11 Å². The number of aliphatic hydroxyl groups excluding tert-OH is 1. The Morgan fingerprint density at radius 1 is 1.47 bits per heavy atom. The second-order valence-corrected chi connectivity index (χ2v) is 6.08. The van der Waals surface area contributed by atoms with Gasteiger partial charge in [0, 0.05) is 23.2 Å². The number of hydrogen-bond donors (Lipinski definition) is 2. The summed E-state index contributed by atoms with van der Waals surface area (Å²) >= 11 is 1.61. The smallest absolute Gasteiger partial charge is 0.162 e. The molecule has 0 radical (unpaired) electrons. The largest absolute Gasteiger partial charge is 0.459 e. The van der Waals surface area contributed by atoms with Crippen molar-refractivity contribution in [3.05, 3.63) is 29.0 Å². The van der Waals surface area contributed by atoms with Crippen LogP contribution in [-0.4, -0.2) is 22.2 Å². The number of thiazole rings is 1. The minimum atomic E-state index is -0.231. The molecule has 0 aliphatic carbocycles. The molecule has 0 fully saturated rings. The van der Waals surface area contributed by atoms with Gasteiger partial charge in [0.25, 0.3) is 0 Å². The summed E-state index contributed by atoms with van der Waals surface area (Å²) in [6.45, 7) is 6.85. The van der Waals surface area contributed by atoms with Crippen LogP contribution >= 0.6 is 11.3 Å². The third kappa shape index (κ3) is 3.43. The van der Waals surface area contributed by atoms with Crippen molar-refractivity contribution < 1.29 is 9.52 Å². The fraction of sp³-hybridized carbons (Fsp3) is 0.500. The summed E-state index contributed by atoms with van der Waals surface area (Å²) in [4.78, 5) is 5.51. The van der Waals surface area contributed by atoms with Gasteiger partial charge in [0.2, 0.25) is 0 Å². The van der Waals surface area contributed by atoms with Crippen LogP contribution in [0.5, 0.6) is 0 Å². The minimum absolute atomic E-state index is 0.131. The van der Waals surface area contributed by atoms with E-state index in [2.05, 4.69) is 17.2 Å². The first-order valence-corrected chi connectivity index (χ1v) is 7.25. The van der Waals surface area contributed by atoms with Gasteiger partial charge in [0.05, 0.1) is 6.61 Å². The molecule has 2 N–H and O–H groups in total. The van der Waals surface area contributed by atoms with Crippen LogP contribution in [0, 0.1) is 6.92 Å². The van der Waals surface area contributed by atoms with E-state index in [1.165, 1.54) is 0 Å². The van der Waals surface area contributed by atoms with Crippen molar-refractivity contribution in [2.45, 2.75) is 39.3 Å². The van der Waals surface area contributed by atoms with Crippen LogP contribution in [0.15, 0.2) is 22.7 Å². The number of rotatable bonds is 6. The van der Waals surface area contributed by atoms with Gasteiger partial charge in [-0.3, -0.25) is 0 Å². The van der Waals surface area contributed by atoms with Crippen molar-refractivity contribution in [1.29, 1.82) is 0 Å². The van der Waals surface area contributed by atoms with Gasteiger partial charge < -0.3 is 14.8 Å². The molecule has 0 aliphatic rings. The van der Waals surface area contributed by atoms with E-state index < -0.39 is 0 Å². The minimum Gasteiger partial charge on any atom is -0.459 e. The number of nitrogens with one attached hydrogen (secondary N) is 1. The Labute approximate surface area is 117 Å². The number of aromatic nitrogens is 1. The molecule has 1 unspecified atom stereocenters. The Morgan fingerprint density at radius 3 is 2.84 bits per heavy atom. The number of nitrogens with zero attached hydrogens (tertiary/aromatic N) is 1. The van der Waals surface area contributed by atoms with E-state index in [-0.39, 0.29) is 12.1 Å². The van der Waals surface area contributed by atoms with Crippen LogP contribution in [0.2, 0.25) is 0 Å². The van der Waals surface area contributed by atoms with E-state index in [1.54, 1.807) is 11.3 Å². The SMILES string of the molecule is CCC(C)(CO)NCc1cnc(-c2ccc(C)o2)s1. The topological polar surface area (TPSA) is 58.3 Å². The molecule has 104 valence electrons. The molecule has 4 nitrogen and oxygen atoms in total. The molecule has 0 spiro atoms. The monoisotopic (exact) mass is 280 g/mol. The number of hydrogen-bond acceptors (Lipinski definition) is 5. The van der Waals surface area contributed by atoms with Gasteiger partial charge in [0.15, 0.2) is 10.8 Å². The van der Waals surface area contributed by atoms with Crippen LogP contribution in [0.3, 0.4) is 0 Å². The average molecular weight is 280 g/mol. The van der Waals surface area contributed by atoms with E-state index >= 15 is 0 Å². The molecule has 0 bridgehead atoms. The zero-order valence-corrected chi connectivity index (χ0v) is 12.4. The number of aliphatic hydroxyl groups is 1. The van der Waals surface area contributed by atoms with Crippen molar-refractivity contribution in [3.8, 4) is 10.8 Å². The lowest BCUT2D eigenvalue weighted by atomic mass is 10.0. The van der Waals surface area contributed by atoms with Gasteiger partial charge in [0.1, 0.15) is 5.76 Å². The summed E-state index contributed by atoms with van der Waals surface area (Å²) < 4.78 is 5.56. The Morgan fingerprint density at radius 2 is 2.26 bits per heavy atom. The van der Waals surface area contributed by atoms with E-state index in [0.717, 1.165) is 27.8 Å². The molecule has 0 aromatic carbocycles. The number of aryl methyl sites for hydroxylation is 1. The van der Waals surface area contributed by atoms with Crippen molar-refractivity contribution in [1.82, 2.24) is 10.3 Å². The van der Waals surface area contributed by atoms with Gasteiger partial charge in [-0.05, 0) is 32.4 Å². The lowest BCUT2D eigenvalue weighted by molar-refractivity contribution is 0.169. The Balaban J connectivity index is 2.02. The van der Waals surface area contributed by atoms with Crippen LogP contribution < -0.4 is 5.32 Å². The predicted molar refractivity (Wildman–Crippen MR) is 77.2 cm³/mol. The Hall–Kier alpha value is -1.17. The lowest BCUT2D eigenvalue weighted by Crippen LogP contribution is -2.44. The summed E-state index contributed by atoms with van der Waals surface area (Å²) in [5.74, 6) is 1.71. The first-order chi connectivity index (χ1) is 9.06. The summed E-state index contributed by atoms with van der Waals surface area (Å²) in [5, 5.41) is 13.6. The Kier molecular flexibility index (Phi) is 4.39. The molecule has 2 rings (SSSR count). The maximum Gasteiger partial charge on any atom is 0.162 e. The van der Waals surface area contributed by atoms with E-state index in [4.69, 9.17) is 4.42 Å². The molecule has 0 saturated heterocycles. The fourth-order valence-corrected chi connectivity index (χ4v) is 2.46. The van der Waals surface area contributed by atoms with E-state index in [1.807, 2.05) is 32.2 Å². The summed E-state index contributed by atoms with van der Waals surface area (Å²) in [6, 6.07) is 3.88. The molecule has 2 aromatic rings. The molecular formula is C14H20N2O2S. The summed E-state index contributed by atoms with van der Waals surface area (Å²) in [7, 11) is 0. The maximum absolute atomic E-state index is 9.36. The molecule has 0 saturated carbocycles. The summed E-state index contributed by atoms with van der Waals surface area (Å²) in [5.41, 5.74) is -0.231. The molecule has 2 aromatic heterocycles. The van der Waals surface area contributed by atoms with Gasteiger partial charge in [-0.25, -0.2) is 4.98 Å². The standard InChI is InChI=1S/C14H20N2O2S/c1-4-14(3,9-17)16-8-11-7-15-13(19-11)12-6-5-10(2)18-12/h5-7,16-17H,4,8-9H2,1-3H3. The third-order valence-electron chi connectivity index (χ3n) is 3.32. The van der Waals surface area contributed by atoms with Crippen molar-refractivity contribution in [2.75, 3.05) is 6.61 Å². The van der Waals surface area contributed by atoms with Crippen molar-refractivity contribution in [3.63, 3.8) is 0 Å². The maximum atomic E-state index is 9.36. The second kappa shape index (κ2) is 5.86. The van der Waals surface area contributed by atoms with Gasteiger partial charge in [-0.1, -0.05) is 6.92 Å². The van der Waals surface area contributed by atoms with Crippen molar-refractivity contribution in [2.24, 2.45) is 0 Å². The van der Waals surface area contributed by atoms with Crippen LogP contribution in [0.1, 0.15) is 30.9 Å². The Bertz CT molecular complexity index is 529. The third-order valence-corrected chi connectivity index (χ3v) is 4.34. The molecule has 2 heterocycles. The van der Waals surface area contributed by atoms with Gasteiger partial charge in [-0.15, -0.1) is 11.3 Å². The molecular weight excluding hydrogens is 260 g/mol. The highest BCUT2D eigenvalue weighted by molar-refractivity contribution is 7.14. The first-order valence-electron chi connectivity index (χ1n) is 6.44. The summed E-state index contributed by atoms with van der Waals surface area (Å²) in [6.07, 6.45) is 2.74. The molecule has 0 amide bonds. The average Bonchev–Trinajstić information content (AvgIpc) is 3.04. The van der Waals surface area contributed by atoms with Gasteiger partial charge >= 0.3 is 0 Å². The predicted octanol–water partition coefficient (Wildman–Crippen LogP) is 2.96. The van der Waals surface area contributed by atoms with Crippen LogP contribution in [-0.2, 0) is 6.54 Å². The normalized spacial score (nSPS) is 14.5. The number of furan rings is 1. The van der Waals surface area contributed by atoms with Crippen LogP contribution in [0.4, 0.5) is 0 Å². The van der Waals surface area contributed by atoms with Gasteiger partial charge in [-0.2, -0.15) is 0 Å².